The Bertz CT molecular complexity index is 658. The molecule has 4 heteroatoms. The van der Waals surface area contributed by atoms with Crippen molar-refractivity contribution in [3.05, 3.63) is 28.8 Å². The van der Waals surface area contributed by atoms with Crippen LogP contribution in [0.4, 0.5) is 0 Å². The fourth-order valence-electron chi connectivity index (χ4n) is 5.22. The van der Waals surface area contributed by atoms with Crippen molar-refractivity contribution in [3.8, 4) is 5.75 Å². The smallest absolute Gasteiger partial charge is 0.219 e. The zero-order valence-electron chi connectivity index (χ0n) is 15.6. The number of methoxy groups -OCH3 is 1. The lowest BCUT2D eigenvalue weighted by atomic mass is 10.0. The minimum Gasteiger partial charge on any atom is -0.496 e. The summed E-state index contributed by atoms with van der Waals surface area (Å²) in [5.74, 6) is 1.28. The number of carbonyl (C=O) groups is 1. The molecule has 0 bridgehead atoms. The summed E-state index contributed by atoms with van der Waals surface area (Å²) in [6.45, 7) is 4.72. The van der Waals surface area contributed by atoms with Crippen molar-refractivity contribution in [2.45, 2.75) is 70.5 Å². The van der Waals surface area contributed by atoms with E-state index in [4.69, 9.17) is 4.74 Å². The summed E-state index contributed by atoms with van der Waals surface area (Å²) in [5.41, 5.74) is 4.31. The number of hydrogen-bond acceptors (Lipinski definition) is 3. The van der Waals surface area contributed by atoms with Crippen molar-refractivity contribution < 1.29 is 9.53 Å². The summed E-state index contributed by atoms with van der Waals surface area (Å²) in [4.78, 5) is 16.7. The number of likely N-dealkylation sites (tertiary alicyclic amines) is 2. The first-order chi connectivity index (χ1) is 12.2. The van der Waals surface area contributed by atoms with Crippen LogP contribution in [0.15, 0.2) is 12.1 Å². The van der Waals surface area contributed by atoms with Crippen molar-refractivity contribution in [2.24, 2.45) is 0 Å². The Morgan fingerprint density at radius 2 is 1.88 bits per heavy atom. The van der Waals surface area contributed by atoms with E-state index in [1.54, 1.807) is 14.0 Å². The number of nitrogens with zero attached hydrogens (tertiary/aromatic N) is 2. The fraction of sp³-hybridized carbons (Fsp3) is 0.667. The summed E-state index contributed by atoms with van der Waals surface area (Å²) in [5, 5.41) is 0. The van der Waals surface area contributed by atoms with Gasteiger partial charge in [0.25, 0.3) is 0 Å². The van der Waals surface area contributed by atoms with Gasteiger partial charge in [0.05, 0.1) is 7.11 Å². The molecule has 0 N–H and O–H groups in total. The van der Waals surface area contributed by atoms with Crippen LogP contribution in [0.5, 0.6) is 5.75 Å². The predicted octanol–water partition coefficient (Wildman–Crippen LogP) is 3.16. The quantitative estimate of drug-likeness (QED) is 0.846. The van der Waals surface area contributed by atoms with Crippen LogP contribution in [0.1, 0.15) is 55.7 Å². The van der Waals surface area contributed by atoms with Gasteiger partial charge in [-0.15, -0.1) is 0 Å². The Hall–Kier alpha value is -1.55. The van der Waals surface area contributed by atoms with Crippen LogP contribution in [0.25, 0.3) is 0 Å². The average molecular weight is 342 g/mol. The first-order valence-corrected chi connectivity index (χ1v) is 9.87. The maximum atomic E-state index is 12.0. The van der Waals surface area contributed by atoms with Crippen LogP contribution >= 0.6 is 0 Å². The highest BCUT2D eigenvalue weighted by Crippen LogP contribution is 2.34. The zero-order valence-corrected chi connectivity index (χ0v) is 15.6. The van der Waals surface area contributed by atoms with E-state index >= 15 is 0 Å². The van der Waals surface area contributed by atoms with Crippen LogP contribution in [0.2, 0.25) is 0 Å². The van der Waals surface area contributed by atoms with E-state index < -0.39 is 0 Å². The number of carbonyl (C=O) groups excluding carboxylic acids is 1. The fourth-order valence-corrected chi connectivity index (χ4v) is 5.22. The Kier molecular flexibility index (Phi) is 4.72. The number of ether oxygens (including phenoxy) is 1. The molecule has 0 unspecified atom stereocenters. The van der Waals surface area contributed by atoms with Crippen molar-refractivity contribution in [3.63, 3.8) is 0 Å². The summed E-state index contributed by atoms with van der Waals surface area (Å²) in [7, 11) is 1.79. The van der Waals surface area contributed by atoms with Crippen molar-refractivity contribution >= 4 is 5.91 Å². The number of hydrogen-bond donors (Lipinski definition) is 0. The van der Waals surface area contributed by atoms with Crippen molar-refractivity contribution in [2.75, 3.05) is 20.2 Å². The van der Waals surface area contributed by atoms with Crippen molar-refractivity contribution in [1.29, 1.82) is 0 Å². The van der Waals surface area contributed by atoms with Gasteiger partial charge in [0.1, 0.15) is 5.75 Å². The van der Waals surface area contributed by atoms with Crippen LogP contribution < -0.4 is 4.74 Å². The number of fused-ring (bicyclic) bond motifs is 2. The predicted molar refractivity (Wildman–Crippen MR) is 98.9 cm³/mol. The molecule has 2 heterocycles. The first-order valence-electron chi connectivity index (χ1n) is 9.87. The zero-order chi connectivity index (χ0) is 17.4. The standard InChI is InChI=1S/C21H30N2O2/c1-15(24)23-11-9-19-20(23)8-3-4-10-22(19)14-18-12-16-6-5-7-17(16)13-21(18)25-2/h12-13,19-20H,3-11,14H2,1-2H3/t19-,20-/m1/s1. The summed E-state index contributed by atoms with van der Waals surface area (Å²) in [6.07, 6.45) is 8.38. The van der Waals surface area contributed by atoms with Gasteiger partial charge >= 0.3 is 0 Å². The van der Waals surface area contributed by atoms with Gasteiger partial charge in [-0.25, -0.2) is 0 Å². The minimum atomic E-state index is 0.240. The van der Waals surface area contributed by atoms with Gasteiger partial charge in [-0.05, 0) is 62.3 Å². The summed E-state index contributed by atoms with van der Waals surface area (Å²) >= 11 is 0. The Morgan fingerprint density at radius 3 is 2.64 bits per heavy atom. The molecule has 0 saturated carbocycles. The SMILES string of the molecule is COc1cc2c(cc1CN1CCCC[C@@H]3[C@H]1CCN3C(C)=O)CCC2. The maximum Gasteiger partial charge on any atom is 0.219 e. The Morgan fingerprint density at radius 1 is 1.08 bits per heavy atom. The molecule has 0 aromatic heterocycles. The molecular formula is C21H30N2O2. The van der Waals surface area contributed by atoms with Crippen LogP contribution in [-0.2, 0) is 24.2 Å². The molecule has 4 rings (SSSR count). The second-order valence-electron chi connectivity index (χ2n) is 7.89. The van der Waals surface area contributed by atoms with Gasteiger partial charge in [-0.2, -0.15) is 0 Å². The number of aryl methyl sites for hydroxylation is 2. The van der Waals surface area contributed by atoms with E-state index in [0.29, 0.717) is 12.1 Å². The Balaban J connectivity index is 1.58. The topological polar surface area (TPSA) is 32.8 Å². The molecule has 1 aromatic carbocycles. The van der Waals surface area contributed by atoms with E-state index in [2.05, 4.69) is 21.9 Å². The lowest BCUT2D eigenvalue weighted by Gasteiger charge is -2.33. The van der Waals surface area contributed by atoms with E-state index in [9.17, 15) is 4.79 Å². The molecule has 4 nitrogen and oxygen atoms in total. The van der Waals surface area contributed by atoms with Gasteiger partial charge in [0.2, 0.25) is 5.91 Å². The highest BCUT2D eigenvalue weighted by Gasteiger charge is 2.40. The van der Waals surface area contributed by atoms with Gasteiger partial charge in [0, 0.05) is 37.7 Å². The third-order valence-corrected chi connectivity index (χ3v) is 6.45. The summed E-state index contributed by atoms with van der Waals surface area (Å²) < 4.78 is 5.72. The van der Waals surface area contributed by atoms with E-state index in [0.717, 1.165) is 38.2 Å². The first kappa shape index (κ1) is 16.9. The highest BCUT2D eigenvalue weighted by molar-refractivity contribution is 5.74. The molecule has 2 atom stereocenters. The monoisotopic (exact) mass is 342 g/mol. The molecule has 0 spiro atoms. The van der Waals surface area contributed by atoms with E-state index in [1.807, 2.05) is 0 Å². The van der Waals surface area contributed by atoms with Crippen LogP contribution in [0, 0.1) is 0 Å². The molecule has 1 aromatic rings. The Labute approximate surface area is 151 Å². The third-order valence-electron chi connectivity index (χ3n) is 6.45. The van der Waals surface area contributed by atoms with Crippen molar-refractivity contribution in [1.82, 2.24) is 9.80 Å². The normalized spacial score (nSPS) is 26.2. The van der Waals surface area contributed by atoms with Gasteiger partial charge in [-0.3, -0.25) is 9.69 Å². The molecule has 136 valence electrons. The molecule has 2 fully saturated rings. The third kappa shape index (κ3) is 3.17. The second-order valence-corrected chi connectivity index (χ2v) is 7.89. The van der Waals surface area contributed by atoms with E-state index in [-0.39, 0.29) is 5.91 Å². The molecule has 0 radical (unpaired) electrons. The van der Waals surface area contributed by atoms with Gasteiger partial charge < -0.3 is 9.64 Å². The van der Waals surface area contributed by atoms with Gasteiger partial charge in [-0.1, -0.05) is 12.5 Å². The molecular weight excluding hydrogens is 312 g/mol. The molecule has 3 aliphatic rings. The molecule has 2 aliphatic heterocycles. The largest absolute Gasteiger partial charge is 0.496 e. The second kappa shape index (κ2) is 6.99. The van der Waals surface area contributed by atoms with Crippen LogP contribution in [-0.4, -0.2) is 48.0 Å². The minimum absolute atomic E-state index is 0.240. The average Bonchev–Trinajstić information content (AvgIpc) is 3.18. The van der Waals surface area contributed by atoms with Gasteiger partial charge in [0.15, 0.2) is 0 Å². The van der Waals surface area contributed by atoms with Crippen LogP contribution in [0.3, 0.4) is 0 Å². The maximum absolute atomic E-state index is 12.0. The lowest BCUT2D eigenvalue weighted by molar-refractivity contribution is -0.130. The highest BCUT2D eigenvalue weighted by atomic mass is 16.5. The van der Waals surface area contributed by atoms with E-state index in [1.165, 1.54) is 48.8 Å². The molecule has 25 heavy (non-hydrogen) atoms. The number of benzene rings is 1. The molecule has 2 saturated heterocycles. The number of rotatable bonds is 3. The summed E-state index contributed by atoms with van der Waals surface area (Å²) in [6, 6.07) is 5.56. The molecule has 1 amide bonds. The number of amides is 1. The molecule has 1 aliphatic carbocycles. The lowest BCUT2D eigenvalue weighted by Crippen LogP contribution is -2.44.